The van der Waals surface area contributed by atoms with E-state index < -0.39 is 10.0 Å². The van der Waals surface area contributed by atoms with Crippen LogP contribution in [-0.4, -0.2) is 23.7 Å². The zero-order chi connectivity index (χ0) is 8.48. The molecule has 0 spiro atoms. The molecular weight excluding hydrogens is 212 g/mol. The molecule has 0 aliphatic rings. The van der Waals surface area contributed by atoms with Crippen LogP contribution in [-0.2, 0) is 0 Å². The van der Waals surface area contributed by atoms with Crippen molar-refractivity contribution in [3.63, 3.8) is 0 Å². The van der Waals surface area contributed by atoms with Gasteiger partial charge in [0.2, 0.25) is 3.79 Å². The first-order valence-electron chi connectivity index (χ1n) is 2.60. The van der Waals surface area contributed by atoms with E-state index in [1.807, 2.05) is 0 Å². The molecule has 62 valence electrons. The summed E-state index contributed by atoms with van der Waals surface area (Å²) in [4.78, 5) is 3.57. The van der Waals surface area contributed by atoms with Crippen LogP contribution in [0.2, 0.25) is 0 Å². The van der Waals surface area contributed by atoms with Crippen molar-refractivity contribution in [3.05, 3.63) is 12.7 Å². The number of nitrogens with zero attached hydrogens (tertiary/aromatic N) is 3. The highest BCUT2D eigenvalue weighted by atomic mass is 35.6. The number of halogens is 3. The molecule has 1 rings (SSSR count). The number of alkyl halides is 3. The van der Waals surface area contributed by atoms with E-state index in [4.69, 9.17) is 34.8 Å². The lowest BCUT2D eigenvalue weighted by atomic mass is 10.6. The van der Waals surface area contributed by atoms with Crippen LogP contribution in [0.3, 0.4) is 0 Å². The molecule has 1 N–H and O–H groups in total. The van der Waals surface area contributed by atoms with E-state index in [0.717, 1.165) is 4.68 Å². The second kappa shape index (κ2) is 3.15. The molecular formula is C4H4Cl3N3O. The molecule has 1 aromatic rings. The van der Waals surface area contributed by atoms with Gasteiger partial charge in [0.15, 0.2) is 6.23 Å². The summed E-state index contributed by atoms with van der Waals surface area (Å²) in [6, 6.07) is 0. The number of aliphatic hydroxyl groups is 1. The van der Waals surface area contributed by atoms with Crippen molar-refractivity contribution in [2.75, 3.05) is 0 Å². The van der Waals surface area contributed by atoms with Gasteiger partial charge >= 0.3 is 0 Å². The molecule has 0 aliphatic heterocycles. The van der Waals surface area contributed by atoms with Crippen molar-refractivity contribution in [1.82, 2.24) is 14.8 Å². The van der Waals surface area contributed by atoms with Crippen molar-refractivity contribution in [1.29, 1.82) is 0 Å². The van der Waals surface area contributed by atoms with Crippen LogP contribution < -0.4 is 0 Å². The highest BCUT2D eigenvalue weighted by molar-refractivity contribution is 6.67. The smallest absolute Gasteiger partial charge is 0.236 e. The summed E-state index contributed by atoms with van der Waals surface area (Å²) in [7, 11) is 0. The molecule has 1 aromatic heterocycles. The first kappa shape index (κ1) is 9.06. The van der Waals surface area contributed by atoms with Crippen LogP contribution >= 0.6 is 34.8 Å². The minimum atomic E-state index is -1.78. The van der Waals surface area contributed by atoms with Gasteiger partial charge in [0.05, 0.1) is 0 Å². The fourth-order valence-corrected chi connectivity index (χ4v) is 0.794. The predicted octanol–water partition coefficient (Wildman–Crippen LogP) is 1.14. The number of rotatable bonds is 1. The Balaban J connectivity index is 2.78. The maximum atomic E-state index is 9.21. The van der Waals surface area contributed by atoms with Crippen LogP contribution in [0.5, 0.6) is 0 Å². The van der Waals surface area contributed by atoms with Crippen molar-refractivity contribution >= 4 is 34.8 Å². The molecule has 0 amide bonds. The number of hydrogen-bond acceptors (Lipinski definition) is 3. The molecule has 1 heterocycles. The van der Waals surface area contributed by atoms with E-state index >= 15 is 0 Å². The van der Waals surface area contributed by atoms with Crippen LogP contribution in [0.1, 0.15) is 6.23 Å². The standard InChI is InChI=1S/C4H4Cl3N3O/c5-4(6,7)3(11)10-2-8-1-9-10/h1-3,11H. The monoisotopic (exact) mass is 215 g/mol. The van der Waals surface area contributed by atoms with Gasteiger partial charge in [0.25, 0.3) is 0 Å². The van der Waals surface area contributed by atoms with E-state index in [0.29, 0.717) is 0 Å². The Morgan fingerprint density at radius 2 is 2.09 bits per heavy atom. The Hall–Kier alpha value is -0.0300. The molecule has 0 aromatic carbocycles. The zero-order valence-electron chi connectivity index (χ0n) is 5.15. The van der Waals surface area contributed by atoms with Crippen molar-refractivity contribution in [2.24, 2.45) is 0 Å². The molecule has 0 radical (unpaired) electrons. The average molecular weight is 216 g/mol. The Morgan fingerprint density at radius 1 is 1.45 bits per heavy atom. The van der Waals surface area contributed by atoms with Gasteiger partial charge in [0.1, 0.15) is 12.7 Å². The number of aromatic nitrogens is 3. The quantitative estimate of drug-likeness (QED) is 0.716. The first-order chi connectivity index (χ1) is 5.02. The highest BCUT2D eigenvalue weighted by Gasteiger charge is 2.32. The van der Waals surface area contributed by atoms with Gasteiger partial charge in [-0.15, -0.1) is 0 Å². The van der Waals surface area contributed by atoms with E-state index in [-0.39, 0.29) is 0 Å². The maximum absolute atomic E-state index is 9.21. The highest BCUT2D eigenvalue weighted by Crippen LogP contribution is 2.35. The molecule has 0 saturated carbocycles. The lowest BCUT2D eigenvalue weighted by Crippen LogP contribution is -2.23. The van der Waals surface area contributed by atoms with Gasteiger partial charge in [-0.05, 0) is 0 Å². The molecule has 7 heteroatoms. The summed E-state index contributed by atoms with van der Waals surface area (Å²) in [5.41, 5.74) is 0. The lowest BCUT2D eigenvalue weighted by Gasteiger charge is -2.17. The van der Waals surface area contributed by atoms with Crippen LogP contribution in [0.25, 0.3) is 0 Å². The third-order valence-corrected chi connectivity index (χ3v) is 1.57. The van der Waals surface area contributed by atoms with Gasteiger partial charge in [-0.2, -0.15) is 5.10 Å². The van der Waals surface area contributed by atoms with E-state index in [1.165, 1.54) is 12.7 Å². The zero-order valence-corrected chi connectivity index (χ0v) is 7.42. The summed E-state index contributed by atoms with van der Waals surface area (Å²) in [5, 5.41) is 12.8. The average Bonchev–Trinajstić information content (AvgIpc) is 2.34. The van der Waals surface area contributed by atoms with Gasteiger partial charge in [-0.3, -0.25) is 0 Å². The van der Waals surface area contributed by atoms with Crippen molar-refractivity contribution < 1.29 is 5.11 Å². The Kier molecular flexibility index (Phi) is 2.59. The SMILES string of the molecule is OC(n1cncn1)C(Cl)(Cl)Cl. The molecule has 0 fully saturated rings. The van der Waals surface area contributed by atoms with Gasteiger partial charge < -0.3 is 5.11 Å². The van der Waals surface area contributed by atoms with Crippen LogP contribution in [0.15, 0.2) is 12.7 Å². The van der Waals surface area contributed by atoms with Crippen LogP contribution in [0, 0.1) is 0 Å². The Morgan fingerprint density at radius 3 is 2.45 bits per heavy atom. The second-order valence-corrected chi connectivity index (χ2v) is 4.16. The summed E-state index contributed by atoms with van der Waals surface area (Å²) >= 11 is 16.1. The fourth-order valence-electron chi connectivity index (χ4n) is 0.494. The summed E-state index contributed by atoms with van der Waals surface area (Å²) < 4.78 is -0.735. The summed E-state index contributed by atoms with van der Waals surface area (Å²) in [6.07, 6.45) is 1.18. The summed E-state index contributed by atoms with van der Waals surface area (Å²) in [5.74, 6) is 0. The minimum absolute atomic E-state index is 1.05. The Labute approximate surface area is 77.7 Å². The molecule has 0 bridgehead atoms. The molecule has 4 nitrogen and oxygen atoms in total. The molecule has 11 heavy (non-hydrogen) atoms. The van der Waals surface area contributed by atoms with Crippen molar-refractivity contribution in [3.8, 4) is 0 Å². The Bertz CT molecular complexity index is 219. The fraction of sp³-hybridized carbons (Fsp3) is 0.500. The first-order valence-corrected chi connectivity index (χ1v) is 3.74. The van der Waals surface area contributed by atoms with Gasteiger partial charge in [-0.25, -0.2) is 9.67 Å². The molecule has 1 atom stereocenters. The van der Waals surface area contributed by atoms with Gasteiger partial charge in [0, 0.05) is 0 Å². The normalized spacial score (nSPS) is 14.9. The van der Waals surface area contributed by atoms with E-state index in [9.17, 15) is 5.11 Å². The maximum Gasteiger partial charge on any atom is 0.236 e. The molecule has 1 unspecified atom stereocenters. The minimum Gasteiger partial charge on any atom is -0.368 e. The van der Waals surface area contributed by atoms with E-state index in [1.54, 1.807) is 0 Å². The van der Waals surface area contributed by atoms with Gasteiger partial charge in [-0.1, -0.05) is 34.8 Å². The summed E-state index contributed by atoms with van der Waals surface area (Å²) in [6.45, 7) is 0. The third kappa shape index (κ3) is 2.20. The van der Waals surface area contributed by atoms with Crippen molar-refractivity contribution in [2.45, 2.75) is 10.0 Å². The number of hydrogen-bond donors (Lipinski definition) is 1. The second-order valence-electron chi connectivity index (χ2n) is 1.79. The molecule has 0 saturated heterocycles. The predicted molar refractivity (Wildman–Crippen MR) is 41.6 cm³/mol. The lowest BCUT2D eigenvalue weighted by molar-refractivity contribution is 0.0942. The van der Waals surface area contributed by atoms with E-state index in [2.05, 4.69) is 10.1 Å². The topological polar surface area (TPSA) is 50.9 Å². The third-order valence-electron chi connectivity index (χ3n) is 0.980. The number of aliphatic hydroxyl groups excluding tert-OH is 1. The largest absolute Gasteiger partial charge is 0.368 e. The molecule has 0 aliphatic carbocycles. The van der Waals surface area contributed by atoms with Crippen LogP contribution in [0.4, 0.5) is 0 Å².